The molecule has 3 rings (SSSR count). The number of aromatic amines is 1. The van der Waals surface area contributed by atoms with E-state index in [2.05, 4.69) is 4.98 Å². The number of halogens is 2. The molecule has 0 saturated carbocycles. The van der Waals surface area contributed by atoms with E-state index in [0.717, 1.165) is 29.1 Å². The lowest BCUT2D eigenvalue weighted by Crippen LogP contribution is -2.37. The number of fused-ring (bicyclic) bond motifs is 1. The first-order chi connectivity index (χ1) is 12.9. The Labute approximate surface area is 159 Å². The zero-order valence-corrected chi connectivity index (χ0v) is 16.5. The van der Waals surface area contributed by atoms with Gasteiger partial charge in [0.05, 0.1) is 16.2 Å². The van der Waals surface area contributed by atoms with E-state index in [9.17, 15) is 26.8 Å². The third-order valence-corrected chi connectivity index (χ3v) is 5.87. The van der Waals surface area contributed by atoms with Crippen LogP contribution >= 0.6 is 0 Å². The summed E-state index contributed by atoms with van der Waals surface area (Å²) in [6, 6.07) is 3.11. The molecule has 0 bridgehead atoms. The molecule has 0 aliphatic heterocycles. The standard InChI is InChI=1S/C18H19F2N3O4S/c1-5-18(19,20)11-6-7-12(13(8-11)28(4,26)27)14-15(24)17(25)22(3)23-10(2)9-21-16(14)23/h6-9,21H,5H2,1-4H3. The van der Waals surface area contributed by atoms with E-state index >= 15 is 0 Å². The van der Waals surface area contributed by atoms with E-state index in [1.165, 1.54) is 18.5 Å². The molecule has 0 radical (unpaired) electrons. The molecular formula is C18H19F2N3O4S. The van der Waals surface area contributed by atoms with Gasteiger partial charge in [-0.05, 0) is 13.0 Å². The number of rotatable bonds is 4. The van der Waals surface area contributed by atoms with Crippen LogP contribution in [0.25, 0.3) is 16.8 Å². The Morgan fingerprint density at radius 3 is 2.43 bits per heavy atom. The fraction of sp³-hybridized carbons (Fsp3) is 0.333. The predicted octanol–water partition coefficient (Wildman–Crippen LogP) is 2.21. The number of nitrogens with one attached hydrogen (secondary N) is 1. The van der Waals surface area contributed by atoms with Crippen molar-refractivity contribution in [2.75, 3.05) is 6.26 Å². The van der Waals surface area contributed by atoms with Gasteiger partial charge in [0.1, 0.15) is 5.65 Å². The zero-order chi connectivity index (χ0) is 21.0. The molecule has 10 heteroatoms. The van der Waals surface area contributed by atoms with E-state index in [0.29, 0.717) is 5.69 Å². The second-order valence-electron chi connectivity index (χ2n) is 6.66. The van der Waals surface area contributed by atoms with Crippen molar-refractivity contribution in [3.63, 3.8) is 0 Å². The number of sulfone groups is 1. The fourth-order valence-electron chi connectivity index (χ4n) is 3.21. The van der Waals surface area contributed by atoms with Crippen LogP contribution in [-0.4, -0.2) is 28.9 Å². The van der Waals surface area contributed by atoms with Crippen molar-refractivity contribution in [1.82, 2.24) is 14.2 Å². The van der Waals surface area contributed by atoms with Crippen LogP contribution in [0.15, 0.2) is 38.9 Å². The maximum atomic E-state index is 14.1. The van der Waals surface area contributed by atoms with Crippen molar-refractivity contribution in [2.24, 2.45) is 7.05 Å². The van der Waals surface area contributed by atoms with E-state index in [4.69, 9.17) is 0 Å². The summed E-state index contributed by atoms with van der Waals surface area (Å²) >= 11 is 0. The zero-order valence-electron chi connectivity index (χ0n) is 15.7. The van der Waals surface area contributed by atoms with Gasteiger partial charge < -0.3 is 4.98 Å². The van der Waals surface area contributed by atoms with Crippen LogP contribution in [0.2, 0.25) is 0 Å². The molecule has 0 atom stereocenters. The van der Waals surface area contributed by atoms with Gasteiger partial charge in [-0.2, -0.15) is 0 Å². The molecule has 2 heterocycles. The third-order valence-electron chi connectivity index (χ3n) is 4.73. The van der Waals surface area contributed by atoms with Crippen molar-refractivity contribution in [2.45, 2.75) is 31.1 Å². The highest BCUT2D eigenvalue weighted by molar-refractivity contribution is 7.90. The Hall–Kier alpha value is -2.75. The highest BCUT2D eigenvalue weighted by atomic mass is 32.2. The molecule has 1 N–H and O–H groups in total. The Morgan fingerprint density at radius 1 is 1.21 bits per heavy atom. The van der Waals surface area contributed by atoms with Crippen LogP contribution in [0, 0.1) is 6.92 Å². The van der Waals surface area contributed by atoms with Crippen LogP contribution < -0.4 is 11.0 Å². The molecule has 0 aliphatic carbocycles. The summed E-state index contributed by atoms with van der Waals surface area (Å²) in [5, 5.41) is 0. The van der Waals surface area contributed by atoms with Gasteiger partial charge >= 0.3 is 5.56 Å². The molecular weight excluding hydrogens is 392 g/mol. The second kappa shape index (κ2) is 6.40. The van der Waals surface area contributed by atoms with Gasteiger partial charge in [-0.25, -0.2) is 26.4 Å². The summed E-state index contributed by atoms with van der Waals surface area (Å²) < 4.78 is 55.5. The number of alkyl halides is 2. The van der Waals surface area contributed by atoms with Crippen LogP contribution in [0.1, 0.15) is 24.6 Å². The molecule has 0 fully saturated rings. The van der Waals surface area contributed by atoms with Crippen molar-refractivity contribution in [3.8, 4) is 11.1 Å². The van der Waals surface area contributed by atoms with E-state index in [-0.39, 0.29) is 16.8 Å². The van der Waals surface area contributed by atoms with Gasteiger partial charge in [-0.1, -0.05) is 19.1 Å². The van der Waals surface area contributed by atoms with Crippen molar-refractivity contribution >= 4 is 15.5 Å². The summed E-state index contributed by atoms with van der Waals surface area (Å²) in [7, 11) is -2.57. The molecule has 2 aromatic heterocycles. The summed E-state index contributed by atoms with van der Waals surface area (Å²) in [5.41, 5.74) is -1.73. The Bertz CT molecular complexity index is 1320. The lowest BCUT2D eigenvalue weighted by atomic mass is 10.0. The summed E-state index contributed by atoms with van der Waals surface area (Å²) in [6.45, 7) is 2.98. The summed E-state index contributed by atoms with van der Waals surface area (Å²) in [5.74, 6) is -3.22. The molecule has 1 aromatic carbocycles. The molecule has 150 valence electrons. The van der Waals surface area contributed by atoms with Crippen LogP contribution in [0.4, 0.5) is 8.78 Å². The van der Waals surface area contributed by atoms with E-state index < -0.39 is 43.6 Å². The Kier molecular flexibility index (Phi) is 4.57. The number of aryl methyl sites for hydroxylation is 2. The third kappa shape index (κ3) is 2.97. The minimum Gasteiger partial charge on any atom is -0.344 e. The largest absolute Gasteiger partial charge is 0.344 e. The van der Waals surface area contributed by atoms with E-state index in [1.54, 1.807) is 13.1 Å². The first kappa shape index (κ1) is 20.0. The number of aromatic nitrogens is 3. The lowest BCUT2D eigenvalue weighted by molar-refractivity contribution is -0.00847. The van der Waals surface area contributed by atoms with Gasteiger partial charge in [0.25, 0.3) is 11.4 Å². The molecule has 28 heavy (non-hydrogen) atoms. The minimum atomic E-state index is -3.98. The highest BCUT2D eigenvalue weighted by Crippen LogP contribution is 2.36. The second-order valence-corrected chi connectivity index (χ2v) is 8.65. The Morgan fingerprint density at radius 2 is 1.86 bits per heavy atom. The average Bonchev–Trinajstić information content (AvgIpc) is 3.00. The average molecular weight is 411 g/mol. The molecule has 0 unspecified atom stereocenters. The predicted molar refractivity (Wildman–Crippen MR) is 101 cm³/mol. The summed E-state index contributed by atoms with van der Waals surface area (Å²) in [4.78, 5) is 27.6. The molecule has 0 amide bonds. The maximum absolute atomic E-state index is 14.1. The number of hydrogen-bond donors (Lipinski definition) is 1. The fourth-order valence-corrected chi connectivity index (χ4v) is 4.12. The SMILES string of the molecule is CCC(F)(F)c1ccc(-c2c(=O)c(=O)n(C)n3c(C)c[nH]c23)c(S(C)(=O)=O)c1. The van der Waals surface area contributed by atoms with Gasteiger partial charge in [0.15, 0.2) is 9.84 Å². The molecule has 3 aromatic rings. The first-order valence-electron chi connectivity index (χ1n) is 8.43. The maximum Gasteiger partial charge on any atom is 0.313 e. The van der Waals surface area contributed by atoms with Gasteiger partial charge in [0, 0.05) is 37.0 Å². The monoisotopic (exact) mass is 411 g/mol. The van der Waals surface area contributed by atoms with Gasteiger partial charge in [-0.3, -0.25) is 9.59 Å². The number of imidazole rings is 1. The normalized spacial score (nSPS) is 12.6. The number of hydrogen-bond acceptors (Lipinski definition) is 4. The van der Waals surface area contributed by atoms with Gasteiger partial charge in [0.2, 0.25) is 0 Å². The van der Waals surface area contributed by atoms with Crippen LogP contribution in [0.3, 0.4) is 0 Å². The first-order valence-corrected chi connectivity index (χ1v) is 10.3. The van der Waals surface area contributed by atoms with Crippen molar-refractivity contribution in [1.29, 1.82) is 0 Å². The topological polar surface area (TPSA) is 93.4 Å². The van der Waals surface area contributed by atoms with E-state index in [1.807, 2.05) is 0 Å². The van der Waals surface area contributed by atoms with Crippen LogP contribution in [-0.2, 0) is 22.8 Å². The molecule has 0 saturated heterocycles. The minimum absolute atomic E-state index is 0.0970. The molecule has 7 nitrogen and oxygen atoms in total. The smallest absolute Gasteiger partial charge is 0.313 e. The molecule has 0 spiro atoms. The van der Waals surface area contributed by atoms with Gasteiger partial charge in [-0.15, -0.1) is 0 Å². The lowest BCUT2D eigenvalue weighted by Gasteiger charge is -2.17. The van der Waals surface area contributed by atoms with Crippen molar-refractivity contribution in [3.05, 3.63) is 56.2 Å². The number of nitrogens with zero attached hydrogens (tertiary/aromatic N) is 2. The number of benzene rings is 1. The van der Waals surface area contributed by atoms with Crippen molar-refractivity contribution < 1.29 is 17.2 Å². The number of H-pyrrole nitrogens is 1. The molecule has 0 aliphatic rings. The summed E-state index contributed by atoms with van der Waals surface area (Å²) in [6.07, 6.45) is 1.91. The quantitative estimate of drug-likeness (QED) is 0.666. The highest BCUT2D eigenvalue weighted by Gasteiger charge is 2.32. The Balaban J connectivity index is 2.50. The van der Waals surface area contributed by atoms with Crippen LogP contribution in [0.5, 0.6) is 0 Å².